The third-order valence-corrected chi connectivity index (χ3v) is 3.97. The second-order valence-corrected chi connectivity index (χ2v) is 6.93. The fraction of sp³-hybridized carbons (Fsp3) is 0.800. The summed E-state index contributed by atoms with van der Waals surface area (Å²) in [5.74, 6) is 0.706. The Hall–Kier alpha value is -0.160. The molecule has 0 aromatic carbocycles. The van der Waals surface area contributed by atoms with Gasteiger partial charge in [-0.3, -0.25) is 4.79 Å². The molecule has 0 heterocycles. The van der Waals surface area contributed by atoms with Crippen molar-refractivity contribution < 1.29 is 19.7 Å². The van der Waals surface area contributed by atoms with Gasteiger partial charge in [-0.2, -0.15) is 11.8 Å². The van der Waals surface area contributed by atoms with Crippen molar-refractivity contribution in [2.24, 2.45) is 5.41 Å². The summed E-state index contributed by atoms with van der Waals surface area (Å²) in [5, 5.41) is 15.9. The second kappa shape index (κ2) is 8.03. The molecule has 0 radical (unpaired) electrons. The summed E-state index contributed by atoms with van der Waals surface area (Å²) < 4.78 is 0. The molecule has 5 nitrogen and oxygen atoms in total. The van der Waals surface area contributed by atoms with Crippen LogP contribution in [0.15, 0.2) is 0 Å². The van der Waals surface area contributed by atoms with Crippen molar-refractivity contribution in [1.82, 2.24) is 0 Å². The lowest BCUT2D eigenvalue weighted by Crippen LogP contribution is -2.17. The normalized spacial score (nSPS) is 11.8. The highest BCUT2D eigenvalue weighted by Gasteiger charge is 2.21. The van der Waals surface area contributed by atoms with Crippen LogP contribution in [0.3, 0.4) is 0 Å². The largest absolute Gasteiger partial charge is 0.481 e. The summed E-state index contributed by atoms with van der Waals surface area (Å²) in [5.41, 5.74) is -0.232. The standard InChI is InChI=1S/C10H20NO4PS/c1-10(2,7-9(12)13)4-6-17-5-3-8(11)16(14)15/h11,14-15H,3-7H2,1-2H3,(H,12,13). The third kappa shape index (κ3) is 9.53. The molecule has 0 rings (SSSR count). The number of carbonyl (C=O) groups is 1. The van der Waals surface area contributed by atoms with Gasteiger partial charge in [0.1, 0.15) is 0 Å². The van der Waals surface area contributed by atoms with Crippen LogP contribution in [0.4, 0.5) is 0 Å². The van der Waals surface area contributed by atoms with Crippen LogP contribution in [0.2, 0.25) is 0 Å². The fourth-order valence-electron chi connectivity index (χ4n) is 1.22. The van der Waals surface area contributed by atoms with Crippen LogP contribution >= 0.6 is 20.1 Å². The number of hydrogen-bond donors (Lipinski definition) is 4. The van der Waals surface area contributed by atoms with Gasteiger partial charge in [-0.1, -0.05) is 13.8 Å². The van der Waals surface area contributed by atoms with Crippen LogP contribution in [-0.2, 0) is 4.79 Å². The van der Waals surface area contributed by atoms with Gasteiger partial charge < -0.3 is 20.3 Å². The minimum absolute atomic E-state index is 0.0164. The molecule has 0 amide bonds. The molecule has 0 saturated carbocycles. The molecule has 0 aromatic heterocycles. The van der Waals surface area contributed by atoms with Gasteiger partial charge in [-0.05, 0) is 23.3 Å². The summed E-state index contributed by atoms with van der Waals surface area (Å²) in [6, 6.07) is 0. The Kier molecular flexibility index (Phi) is 7.96. The number of aliphatic carboxylic acids is 1. The van der Waals surface area contributed by atoms with Gasteiger partial charge in [0.25, 0.3) is 0 Å². The molecule has 100 valence electrons. The lowest BCUT2D eigenvalue weighted by atomic mass is 9.87. The third-order valence-electron chi connectivity index (χ3n) is 2.28. The van der Waals surface area contributed by atoms with E-state index in [4.69, 9.17) is 20.3 Å². The van der Waals surface area contributed by atoms with Crippen LogP contribution in [0.25, 0.3) is 0 Å². The van der Waals surface area contributed by atoms with Crippen molar-refractivity contribution >= 4 is 31.6 Å². The first-order valence-corrected chi connectivity index (χ1v) is 7.69. The molecule has 0 unspecified atom stereocenters. The van der Waals surface area contributed by atoms with E-state index in [1.54, 1.807) is 11.8 Å². The lowest BCUT2D eigenvalue weighted by Gasteiger charge is -2.21. The maximum atomic E-state index is 10.6. The molecule has 0 aromatic rings. The van der Waals surface area contributed by atoms with Crippen molar-refractivity contribution in [3.05, 3.63) is 0 Å². The Morgan fingerprint density at radius 3 is 2.41 bits per heavy atom. The molecule has 4 N–H and O–H groups in total. The van der Waals surface area contributed by atoms with Gasteiger partial charge >= 0.3 is 5.97 Å². The van der Waals surface area contributed by atoms with Gasteiger partial charge in [-0.15, -0.1) is 0 Å². The van der Waals surface area contributed by atoms with E-state index >= 15 is 0 Å². The Morgan fingerprint density at radius 1 is 1.35 bits per heavy atom. The molecule has 0 aliphatic rings. The first-order valence-electron chi connectivity index (χ1n) is 5.29. The zero-order valence-electron chi connectivity index (χ0n) is 10.1. The molecule has 0 aliphatic heterocycles. The highest BCUT2D eigenvalue weighted by molar-refractivity contribution is 7.99. The first-order chi connectivity index (χ1) is 7.74. The Bertz CT molecular complexity index is 271. The van der Waals surface area contributed by atoms with E-state index in [1.807, 2.05) is 13.8 Å². The zero-order valence-corrected chi connectivity index (χ0v) is 11.9. The fourth-order valence-corrected chi connectivity index (χ4v) is 2.93. The van der Waals surface area contributed by atoms with E-state index in [1.165, 1.54) is 0 Å². The monoisotopic (exact) mass is 281 g/mol. The Balaban J connectivity index is 3.64. The van der Waals surface area contributed by atoms with Gasteiger partial charge in [-0.25, -0.2) is 0 Å². The second-order valence-electron chi connectivity index (χ2n) is 4.58. The van der Waals surface area contributed by atoms with E-state index in [0.29, 0.717) is 12.2 Å². The SMILES string of the molecule is CC(C)(CCSCCC(=N)P(O)O)CC(=O)O. The van der Waals surface area contributed by atoms with E-state index < -0.39 is 14.3 Å². The number of thioether (sulfide) groups is 1. The van der Waals surface area contributed by atoms with E-state index in [2.05, 4.69) is 0 Å². The lowest BCUT2D eigenvalue weighted by molar-refractivity contribution is -0.139. The molecule has 0 fully saturated rings. The van der Waals surface area contributed by atoms with Crippen LogP contribution < -0.4 is 0 Å². The van der Waals surface area contributed by atoms with Crippen molar-refractivity contribution in [2.75, 3.05) is 11.5 Å². The maximum absolute atomic E-state index is 10.6. The first kappa shape index (κ1) is 16.8. The minimum atomic E-state index is -2.22. The Morgan fingerprint density at radius 2 is 1.94 bits per heavy atom. The van der Waals surface area contributed by atoms with Crippen molar-refractivity contribution in [1.29, 1.82) is 5.41 Å². The predicted octanol–water partition coefficient (Wildman–Crippen LogP) is 2.27. The molecule has 0 spiro atoms. The minimum Gasteiger partial charge on any atom is -0.481 e. The smallest absolute Gasteiger partial charge is 0.303 e. The maximum Gasteiger partial charge on any atom is 0.303 e. The summed E-state index contributed by atoms with van der Waals surface area (Å²) in [4.78, 5) is 28.0. The van der Waals surface area contributed by atoms with Crippen LogP contribution in [-0.4, -0.2) is 37.8 Å². The molecule has 17 heavy (non-hydrogen) atoms. The van der Waals surface area contributed by atoms with Crippen molar-refractivity contribution in [3.8, 4) is 0 Å². The molecule has 0 aliphatic carbocycles. The van der Waals surface area contributed by atoms with Crippen molar-refractivity contribution in [3.63, 3.8) is 0 Å². The van der Waals surface area contributed by atoms with Gasteiger partial charge in [0.05, 0.1) is 11.9 Å². The van der Waals surface area contributed by atoms with E-state index in [0.717, 1.165) is 12.2 Å². The average Bonchev–Trinajstić information content (AvgIpc) is 2.14. The average molecular weight is 281 g/mol. The highest BCUT2D eigenvalue weighted by atomic mass is 32.2. The predicted molar refractivity (Wildman–Crippen MR) is 71.7 cm³/mol. The van der Waals surface area contributed by atoms with Gasteiger partial charge in [0.15, 0.2) is 0 Å². The topological polar surface area (TPSA) is 102 Å². The van der Waals surface area contributed by atoms with Crippen molar-refractivity contribution in [2.45, 2.75) is 33.1 Å². The molecular formula is C10H20NO4PS. The molecular weight excluding hydrogens is 261 g/mol. The molecule has 7 heteroatoms. The molecule has 0 bridgehead atoms. The van der Waals surface area contributed by atoms with Gasteiger partial charge in [0, 0.05) is 6.42 Å². The van der Waals surface area contributed by atoms with Gasteiger partial charge in [0.2, 0.25) is 8.38 Å². The molecule has 0 atom stereocenters. The summed E-state index contributed by atoms with van der Waals surface area (Å²) in [6.07, 6.45) is 1.33. The van der Waals surface area contributed by atoms with E-state index in [-0.39, 0.29) is 17.3 Å². The quantitative estimate of drug-likeness (QED) is 0.295. The summed E-state index contributed by atoms with van der Waals surface area (Å²) in [7, 11) is -2.22. The van der Waals surface area contributed by atoms with E-state index in [9.17, 15) is 4.79 Å². The number of nitrogens with one attached hydrogen (secondary N) is 1. The number of carboxylic acids is 1. The summed E-state index contributed by atoms with van der Waals surface area (Å²) >= 11 is 1.61. The van der Waals surface area contributed by atoms with Crippen LogP contribution in [0, 0.1) is 10.8 Å². The van der Waals surface area contributed by atoms with Crippen LogP contribution in [0.5, 0.6) is 0 Å². The summed E-state index contributed by atoms with van der Waals surface area (Å²) in [6.45, 7) is 3.84. The Labute approximate surface area is 107 Å². The number of hydrogen-bond acceptors (Lipinski definition) is 5. The zero-order chi connectivity index (χ0) is 13.5. The highest BCUT2D eigenvalue weighted by Crippen LogP contribution is 2.29. The molecule has 0 saturated heterocycles. The van der Waals surface area contributed by atoms with Crippen LogP contribution in [0.1, 0.15) is 33.1 Å². The number of carboxylic acid groups (broad SMARTS) is 1. The number of rotatable bonds is 9.